The summed E-state index contributed by atoms with van der Waals surface area (Å²) < 4.78 is 38.6. The summed E-state index contributed by atoms with van der Waals surface area (Å²) in [4.78, 5) is 29.2. The van der Waals surface area contributed by atoms with E-state index in [0.29, 0.717) is 32.7 Å². The maximum absolute atomic E-state index is 12.9. The second-order valence-electron chi connectivity index (χ2n) is 9.07. The number of halogens is 3. The molecule has 2 N–H and O–H groups in total. The van der Waals surface area contributed by atoms with E-state index in [4.69, 9.17) is 0 Å². The van der Waals surface area contributed by atoms with Gasteiger partial charge < -0.3 is 25.3 Å². The van der Waals surface area contributed by atoms with Crippen molar-refractivity contribution in [2.75, 3.05) is 50.0 Å². The molecule has 188 valence electrons. The van der Waals surface area contributed by atoms with Crippen LogP contribution in [-0.4, -0.2) is 67.7 Å². The van der Waals surface area contributed by atoms with E-state index < -0.39 is 12.1 Å². The standard InChI is InChI=1S/C25H30F3N5O2/c1-31-14-15-33(17-23(31)34)24(35)29-16-18-2-4-20(5-3-18)30-21-6-8-22(9-7-21)32-12-10-19(11-13-32)25(26,27)28/h2-9,19,30H,10-17H2,1H3,(H,29,35). The summed E-state index contributed by atoms with van der Waals surface area (Å²) in [5.74, 6) is -1.27. The summed E-state index contributed by atoms with van der Waals surface area (Å²) >= 11 is 0. The predicted octanol–water partition coefficient (Wildman–Crippen LogP) is 4.19. The van der Waals surface area contributed by atoms with Crippen LogP contribution in [0.25, 0.3) is 0 Å². The molecule has 0 unspecified atom stereocenters. The van der Waals surface area contributed by atoms with Gasteiger partial charge in [-0.15, -0.1) is 0 Å². The van der Waals surface area contributed by atoms with E-state index in [-0.39, 0.29) is 31.3 Å². The summed E-state index contributed by atoms with van der Waals surface area (Å²) in [6, 6.07) is 15.1. The highest BCUT2D eigenvalue weighted by Crippen LogP contribution is 2.35. The molecule has 2 heterocycles. The van der Waals surface area contributed by atoms with E-state index in [1.54, 1.807) is 11.9 Å². The van der Waals surface area contributed by atoms with Gasteiger partial charge in [-0.25, -0.2) is 4.79 Å². The van der Waals surface area contributed by atoms with Crippen LogP contribution in [0.15, 0.2) is 48.5 Å². The summed E-state index contributed by atoms with van der Waals surface area (Å²) in [6.45, 7) is 2.31. The number of amides is 3. The number of piperazine rings is 1. The number of anilines is 3. The molecule has 10 heteroatoms. The van der Waals surface area contributed by atoms with Gasteiger partial charge in [0.25, 0.3) is 0 Å². The van der Waals surface area contributed by atoms with Crippen molar-refractivity contribution in [1.82, 2.24) is 15.1 Å². The maximum atomic E-state index is 12.9. The predicted molar refractivity (Wildman–Crippen MR) is 129 cm³/mol. The first-order chi connectivity index (χ1) is 16.7. The topological polar surface area (TPSA) is 67.9 Å². The number of nitrogens with zero attached hydrogens (tertiary/aromatic N) is 3. The smallest absolute Gasteiger partial charge is 0.372 e. The minimum atomic E-state index is -4.11. The van der Waals surface area contributed by atoms with E-state index >= 15 is 0 Å². The van der Waals surface area contributed by atoms with Gasteiger partial charge >= 0.3 is 12.2 Å². The number of alkyl halides is 3. The Balaban J connectivity index is 1.24. The lowest BCUT2D eigenvalue weighted by molar-refractivity contribution is -0.179. The van der Waals surface area contributed by atoms with Crippen LogP contribution in [0.5, 0.6) is 0 Å². The van der Waals surface area contributed by atoms with Crippen LogP contribution in [0.2, 0.25) is 0 Å². The van der Waals surface area contributed by atoms with E-state index in [0.717, 1.165) is 22.6 Å². The average Bonchev–Trinajstić information content (AvgIpc) is 2.85. The molecule has 0 saturated carbocycles. The number of benzene rings is 2. The molecule has 0 radical (unpaired) electrons. The average molecular weight is 490 g/mol. The van der Waals surface area contributed by atoms with Gasteiger partial charge in [-0.05, 0) is 54.8 Å². The van der Waals surface area contributed by atoms with Crippen molar-refractivity contribution in [1.29, 1.82) is 0 Å². The number of carbonyl (C=O) groups is 2. The zero-order chi connectivity index (χ0) is 25.0. The Labute approximate surface area is 202 Å². The first-order valence-corrected chi connectivity index (χ1v) is 11.7. The molecule has 0 bridgehead atoms. The second kappa shape index (κ2) is 10.5. The number of carbonyl (C=O) groups excluding carboxylic acids is 2. The summed E-state index contributed by atoms with van der Waals surface area (Å²) in [5.41, 5.74) is 3.61. The SMILES string of the molecule is CN1CCN(C(=O)NCc2ccc(Nc3ccc(N4CCC(C(F)(F)F)CC4)cc3)cc2)CC1=O. The number of rotatable bonds is 5. The molecule has 0 aliphatic carbocycles. The lowest BCUT2D eigenvalue weighted by Crippen LogP contribution is -2.53. The van der Waals surface area contributed by atoms with Crippen LogP contribution in [0.1, 0.15) is 18.4 Å². The van der Waals surface area contributed by atoms with E-state index in [9.17, 15) is 22.8 Å². The Bertz CT molecular complexity index is 1020. The molecule has 2 saturated heterocycles. The third-order valence-electron chi connectivity index (χ3n) is 6.62. The Morgan fingerprint density at radius 3 is 2.11 bits per heavy atom. The van der Waals surface area contributed by atoms with Crippen LogP contribution in [-0.2, 0) is 11.3 Å². The highest BCUT2D eigenvalue weighted by molar-refractivity contribution is 5.85. The van der Waals surface area contributed by atoms with Gasteiger partial charge in [-0.1, -0.05) is 12.1 Å². The first kappa shape index (κ1) is 24.7. The fourth-order valence-electron chi connectivity index (χ4n) is 4.31. The van der Waals surface area contributed by atoms with Crippen LogP contribution < -0.4 is 15.5 Å². The molecule has 35 heavy (non-hydrogen) atoms. The molecular formula is C25H30F3N5O2. The zero-order valence-corrected chi connectivity index (χ0v) is 19.6. The van der Waals surface area contributed by atoms with Crippen molar-refractivity contribution < 1.29 is 22.8 Å². The molecule has 2 aliphatic rings. The number of likely N-dealkylation sites (N-methyl/N-ethyl adjacent to an activating group) is 1. The normalized spacial score (nSPS) is 17.5. The number of hydrogen-bond donors (Lipinski definition) is 2. The Morgan fingerprint density at radius 1 is 0.943 bits per heavy atom. The van der Waals surface area contributed by atoms with Gasteiger partial charge in [0.05, 0.1) is 5.92 Å². The Kier molecular flexibility index (Phi) is 7.37. The molecular weight excluding hydrogens is 459 g/mol. The number of hydrogen-bond acceptors (Lipinski definition) is 4. The quantitative estimate of drug-likeness (QED) is 0.661. The van der Waals surface area contributed by atoms with Gasteiger partial charge in [-0.2, -0.15) is 13.2 Å². The number of urea groups is 1. The molecule has 3 amide bonds. The van der Waals surface area contributed by atoms with E-state index in [1.165, 1.54) is 4.90 Å². The van der Waals surface area contributed by atoms with Crippen molar-refractivity contribution in [2.45, 2.75) is 25.6 Å². The molecule has 0 spiro atoms. The summed E-state index contributed by atoms with van der Waals surface area (Å²) in [7, 11) is 1.73. The molecule has 7 nitrogen and oxygen atoms in total. The van der Waals surface area contributed by atoms with Crippen molar-refractivity contribution in [3.8, 4) is 0 Å². The lowest BCUT2D eigenvalue weighted by Gasteiger charge is -2.34. The monoisotopic (exact) mass is 489 g/mol. The summed E-state index contributed by atoms with van der Waals surface area (Å²) in [6.07, 6.45) is -3.85. The van der Waals surface area contributed by atoms with Gasteiger partial charge in [0.2, 0.25) is 5.91 Å². The minimum absolute atomic E-state index is 0.0686. The van der Waals surface area contributed by atoms with E-state index in [2.05, 4.69) is 10.6 Å². The molecule has 0 atom stereocenters. The zero-order valence-electron chi connectivity index (χ0n) is 19.6. The van der Waals surface area contributed by atoms with Crippen LogP contribution >= 0.6 is 0 Å². The summed E-state index contributed by atoms with van der Waals surface area (Å²) in [5, 5.41) is 6.16. The fraction of sp³-hybridized carbons (Fsp3) is 0.440. The first-order valence-electron chi connectivity index (χ1n) is 11.7. The van der Waals surface area contributed by atoms with Gasteiger partial charge in [0.1, 0.15) is 6.54 Å². The van der Waals surface area contributed by atoms with Crippen molar-refractivity contribution >= 4 is 29.0 Å². The van der Waals surface area contributed by atoms with Crippen molar-refractivity contribution in [3.63, 3.8) is 0 Å². The van der Waals surface area contributed by atoms with E-state index in [1.807, 2.05) is 53.4 Å². The Hall–Kier alpha value is -3.43. The number of nitrogens with one attached hydrogen (secondary N) is 2. The molecule has 0 aromatic heterocycles. The van der Waals surface area contributed by atoms with Crippen LogP contribution in [0.3, 0.4) is 0 Å². The molecule has 2 aliphatic heterocycles. The van der Waals surface area contributed by atoms with Crippen LogP contribution in [0, 0.1) is 5.92 Å². The second-order valence-corrected chi connectivity index (χ2v) is 9.07. The maximum Gasteiger partial charge on any atom is 0.391 e. The highest BCUT2D eigenvalue weighted by atomic mass is 19.4. The van der Waals surface area contributed by atoms with Crippen molar-refractivity contribution in [2.24, 2.45) is 5.92 Å². The van der Waals surface area contributed by atoms with Gasteiger partial charge in [0.15, 0.2) is 0 Å². The van der Waals surface area contributed by atoms with Gasteiger partial charge in [-0.3, -0.25) is 4.79 Å². The minimum Gasteiger partial charge on any atom is -0.372 e. The number of piperidine rings is 1. The largest absolute Gasteiger partial charge is 0.391 e. The third kappa shape index (κ3) is 6.37. The molecule has 2 aromatic carbocycles. The fourth-order valence-corrected chi connectivity index (χ4v) is 4.31. The molecule has 2 aromatic rings. The lowest BCUT2D eigenvalue weighted by atomic mass is 9.96. The molecule has 4 rings (SSSR count). The third-order valence-corrected chi connectivity index (χ3v) is 6.62. The van der Waals surface area contributed by atoms with Gasteiger partial charge in [0, 0.05) is 56.8 Å². The van der Waals surface area contributed by atoms with Crippen molar-refractivity contribution in [3.05, 3.63) is 54.1 Å². The molecule has 2 fully saturated rings. The van der Waals surface area contributed by atoms with Crippen LogP contribution in [0.4, 0.5) is 35.0 Å². The highest BCUT2D eigenvalue weighted by Gasteiger charge is 2.41. The Morgan fingerprint density at radius 2 is 1.54 bits per heavy atom.